The summed E-state index contributed by atoms with van der Waals surface area (Å²) in [7, 11) is 3.28. The maximum atomic E-state index is 12.8. The van der Waals surface area contributed by atoms with E-state index in [1.54, 1.807) is 26.6 Å². The van der Waals surface area contributed by atoms with E-state index >= 15 is 0 Å². The largest absolute Gasteiger partial charge is 0.496 e. The Labute approximate surface area is 208 Å². The standard InChI is InChI=1S/C29H38N2O4/c1-7-31(8-2)15-11-12-21(4)30-29(32)16-20(3)23-17-24-25(19-35-28(24)18-27(23)34-6)22-13-9-10-14-26(22)33-5/h9-10,13-14,16-19,21H,7-8,11-12,15H2,1-6H3,(H,30,32)/b20-16+. The molecule has 1 unspecified atom stereocenters. The van der Waals surface area contributed by atoms with Crippen LogP contribution >= 0.6 is 0 Å². The van der Waals surface area contributed by atoms with Crippen LogP contribution in [0.15, 0.2) is 53.2 Å². The van der Waals surface area contributed by atoms with E-state index in [0.717, 1.165) is 65.9 Å². The van der Waals surface area contributed by atoms with Crippen LogP contribution in [0, 0.1) is 0 Å². The van der Waals surface area contributed by atoms with Crippen molar-refractivity contribution in [3.63, 3.8) is 0 Å². The minimum atomic E-state index is -0.0999. The van der Waals surface area contributed by atoms with E-state index in [-0.39, 0.29) is 11.9 Å². The second-order valence-electron chi connectivity index (χ2n) is 8.80. The molecule has 1 atom stereocenters. The number of allylic oxidation sites excluding steroid dienone is 1. The number of ether oxygens (including phenoxy) is 2. The lowest BCUT2D eigenvalue weighted by atomic mass is 9.98. The highest BCUT2D eigenvalue weighted by Gasteiger charge is 2.17. The molecule has 1 aromatic heterocycles. The zero-order chi connectivity index (χ0) is 25.4. The molecule has 6 heteroatoms. The van der Waals surface area contributed by atoms with E-state index in [1.165, 1.54) is 0 Å². The number of carbonyl (C=O) groups excluding carboxylic acids is 1. The third kappa shape index (κ3) is 6.45. The molecule has 6 nitrogen and oxygen atoms in total. The van der Waals surface area contributed by atoms with Crippen LogP contribution in [0.1, 0.15) is 46.1 Å². The van der Waals surface area contributed by atoms with Gasteiger partial charge in [-0.1, -0.05) is 32.0 Å². The third-order valence-corrected chi connectivity index (χ3v) is 6.46. The van der Waals surface area contributed by atoms with Crippen LogP contribution in [0.4, 0.5) is 0 Å². The first-order valence-electron chi connectivity index (χ1n) is 12.4. The van der Waals surface area contributed by atoms with E-state index in [2.05, 4.69) is 31.0 Å². The van der Waals surface area contributed by atoms with Gasteiger partial charge >= 0.3 is 0 Å². The molecular weight excluding hydrogens is 440 g/mol. The van der Waals surface area contributed by atoms with Crippen LogP contribution in [0.3, 0.4) is 0 Å². The highest BCUT2D eigenvalue weighted by molar-refractivity contribution is 6.01. The average molecular weight is 479 g/mol. The third-order valence-electron chi connectivity index (χ3n) is 6.46. The first-order valence-corrected chi connectivity index (χ1v) is 12.4. The molecule has 1 heterocycles. The van der Waals surface area contributed by atoms with E-state index in [1.807, 2.05) is 43.3 Å². The van der Waals surface area contributed by atoms with Gasteiger partial charge in [0.15, 0.2) is 0 Å². The van der Waals surface area contributed by atoms with Crippen molar-refractivity contribution in [2.45, 2.75) is 46.6 Å². The van der Waals surface area contributed by atoms with Gasteiger partial charge in [0.1, 0.15) is 17.1 Å². The van der Waals surface area contributed by atoms with Gasteiger partial charge in [0.05, 0.1) is 20.5 Å². The lowest BCUT2D eigenvalue weighted by Crippen LogP contribution is -2.32. The number of fused-ring (bicyclic) bond motifs is 1. The van der Waals surface area contributed by atoms with Crippen molar-refractivity contribution in [1.29, 1.82) is 0 Å². The first kappa shape index (κ1) is 26.4. The summed E-state index contributed by atoms with van der Waals surface area (Å²) in [6, 6.07) is 11.8. The Morgan fingerprint density at radius 2 is 1.80 bits per heavy atom. The highest BCUT2D eigenvalue weighted by Crippen LogP contribution is 2.40. The van der Waals surface area contributed by atoms with E-state index < -0.39 is 0 Å². The number of hydrogen-bond donors (Lipinski definition) is 1. The fraction of sp³-hybridized carbons (Fsp3) is 0.414. The summed E-state index contributed by atoms with van der Waals surface area (Å²) in [5, 5.41) is 4.04. The fourth-order valence-corrected chi connectivity index (χ4v) is 4.40. The minimum absolute atomic E-state index is 0.0999. The number of benzene rings is 2. The van der Waals surface area contributed by atoms with Crippen molar-refractivity contribution in [1.82, 2.24) is 10.2 Å². The molecule has 1 amide bonds. The van der Waals surface area contributed by atoms with Crippen LogP contribution in [-0.4, -0.2) is 50.7 Å². The molecule has 0 saturated carbocycles. The van der Waals surface area contributed by atoms with Crippen LogP contribution in [0.5, 0.6) is 11.5 Å². The molecule has 2 aromatic carbocycles. The second kappa shape index (κ2) is 12.5. The van der Waals surface area contributed by atoms with Gasteiger partial charge in [-0.2, -0.15) is 0 Å². The Kier molecular flexibility index (Phi) is 9.38. The van der Waals surface area contributed by atoms with Crippen molar-refractivity contribution in [2.75, 3.05) is 33.9 Å². The second-order valence-corrected chi connectivity index (χ2v) is 8.80. The smallest absolute Gasteiger partial charge is 0.244 e. The molecule has 3 rings (SSSR count). The summed E-state index contributed by atoms with van der Waals surface area (Å²) in [6.45, 7) is 11.5. The van der Waals surface area contributed by atoms with Crippen molar-refractivity contribution in [3.8, 4) is 22.6 Å². The predicted molar refractivity (Wildman–Crippen MR) is 143 cm³/mol. The molecule has 0 fully saturated rings. The van der Waals surface area contributed by atoms with Crippen LogP contribution in [-0.2, 0) is 4.79 Å². The Hall–Kier alpha value is -3.25. The van der Waals surface area contributed by atoms with Crippen LogP contribution in [0.25, 0.3) is 27.7 Å². The van der Waals surface area contributed by atoms with Gasteiger partial charge < -0.3 is 24.1 Å². The minimum Gasteiger partial charge on any atom is -0.496 e. The maximum absolute atomic E-state index is 12.8. The lowest BCUT2D eigenvalue weighted by Gasteiger charge is -2.19. The SMILES string of the molecule is CCN(CC)CCCC(C)NC(=O)/C=C(\C)c1cc2c(-c3ccccc3OC)coc2cc1OC. The number of nitrogens with zero attached hydrogens (tertiary/aromatic N) is 1. The Balaban J connectivity index is 1.81. The van der Waals surface area contributed by atoms with Crippen molar-refractivity contribution >= 4 is 22.4 Å². The zero-order valence-electron chi connectivity index (χ0n) is 21.8. The number of amides is 1. The summed E-state index contributed by atoms with van der Waals surface area (Å²) in [5.41, 5.74) is 4.26. The summed E-state index contributed by atoms with van der Waals surface area (Å²) in [5.74, 6) is 1.33. The Morgan fingerprint density at radius 3 is 2.49 bits per heavy atom. The number of furan rings is 1. The molecular formula is C29H38N2O4. The van der Waals surface area contributed by atoms with Gasteiger partial charge in [0.2, 0.25) is 5.91 Å². The number of carbonyl (C=O) groups is 1. The highest BCUT2D eigenvalue weighted by atomic mass is 16.5. The van der Waals surface area contributed by atoms with E-state index in [0.29, 0.717) is 11.3 Å². The molecule has 3 aromatic rings. The molecule has 0 spiro atoms. The van der Waals surface area contributed by atoms with Gasteiger partial charge in [-0.05, 0) is 64.0 Å². The average Bonchev–Trinajstić information content (AvgIpc) is 3.28. The van der Waals surface area contributed by atoms with E-state index in [9.17, 15) is 4.79 Å². The molecule has 0 aliphatic rings. The van der Waals surface area contributed by atoms with Gasteiger partial charge in [0, 0.05) is 40.3 Å². The Bertz CT molecular complexity index is 1160. The summed E-state index contributed by atoms with van der Waals surface area (Å²) in [4.78, 5) is 15.2. The van der Waals surface area contributed by atoms with Crippen molar-refractivity contribution < 1.29 is 18.7 Å². The number of nitrogens with one attached hydrogen (secondary N) is 1. The summed E-state index contributed by atoms with van der Waals surface area (Å²) >= 11 is 0. The zero-order valence-corrected chi connectivity index (χ0v) is 21.8. The van der Waals surface area contributed by atoms with Crippen LogP contribution in [0.2, 0.25) is 0 Å². The van der Waals surface area contributed by atoms with Gasteiger partial charge in [0.25, 0.3) is 0 Å². The first-order chi connectivity index (χ1) is 16.9. The van der Waals surface area contributed by atoms with E-state index in [4.69, 9.17) is 13.9 Å². The van der Waals surface area contributed by atoms with Gasteiger partial charge in [-0.15, -0.1) is 0 Å². The topological polar surface area (TPSA) is 63.9 Å². The fourth-order valence-electron chi connectivity index (χ4n) is 4.40. The quantitative estimate of drug-likeness (QED) is 0.317. The molecule has 188 valence electrons. The van der Waals surface area contributed by atoms with Crippen molar-refractivity contribution in [3.05, 3.63) is 54.3 Å². The summed E-state index contributed by atoms with van der Waals surface area (Å²) < 4.78 is 17.0. The molecule has 0 bridgehead atoms. The lowest BCUT2D eigenvalue weighted by molar-refractivity contribution is -0.117. The van der Waals surface area contributed by atoms with Gasteiger partial charge in [-0.25, -0.2) is 0 Å². The van der Waals surface area contributed by atoms with Crippen molar-refractivity contribution in [2.24, 2.45) is 0 Å². The molecule has 0 saturated heterocycles. The molecule has 0 aliphatic carbocycles. The molecule has 1 N–H and O–H groups in total. The number of para-hydroxylation sites is 1. The number of hydrogen-bond acceptors (Lipinski definition) is 5. The monoisotopic (exact) mass is 478 g/mol. The van der Waals surface area contributed by atoms with Gasteiger partial charge in [-0.3, -0.25) is 4.79 Å². The number of rotatable bonds is 12. The normalized spacial score (nSPS) is 12.7. The predicted octanol–water partition coefficient (Wildman–Crippen LogP) is 6.15. The summed E-state index contributed by atoms with van der Waals surface area (Å²) in [6.07, 6.45) is 5.38. The molecule has 0 radical (unpaired) electrons. The number of methoxy groups -OCH3 is 2. The molecule has 0 aliphatic heterocycles. The van der Waals surface area contributed by atoms with Crippen LogP contribution < -0.4 is 14.8 Å². The maximum Gasteiger partial charge on any atom is 0.244 e. The Morgan fingerprint density at radius 1 is 1.09 bits per heavy atom. The molecule has 35 heavy (non-hydrogen) atoms.